The van der Waals surface area contributed by atoms with E-state index < -0.39 is 24.6 Å². The predicted molar refractivity (Wildman–Crippen MR) is 124 cm³/mol. The lowest BCUT2D eigenvalue weighted by Gasteiger charge is -2.44. The highest BCUT2D eigenvalue weighted by atomic mass is 16.7. The Labute approximate surface area is 198 Å². The number of amides is 2. The number of carbonyl (C=O) groups is 3. The van der Waals surface area contributed by atoms with Crippen LogP contribution < -0.4 is 10.6 Å². The van der Waals surface area contributed by atoms with E-state index in [1.807, 2.05) is 49.0 Å². The van der Waals surface area contributed by atoms with E-state index in [0.717, 1.165) is 5.56 Å². The van der Waals surface area contributed by atoms with Crippen LogP contribution in [0, 0.1) is 5.92 Å². The molecule has 2 saturated heterocycles. The quantitative estimate of drug-likeness (QED) is 0.519. The molecule has 1 aromatic carbocycles. The molecule has 0 spiro atoms. The molecule has 3 heterocycles. The molecule has 10 nitrogen and oxygen atoms in total. The number of carbonyl (C=O) groups excluding carboxylic acids is 3. The van der Waals surface area contributed by atoms with Crippen molar-refractivity contribution in [1.82, 2.24) is 25.4 Å². The van der Waals surface area contributed by atoms with Crippen LogP contribution in [0.5, 0.6) is 0 Å². The molecule has 180 valence electrons. The summed E-state index contributed by atoms with van der Waals surface area (Å²) in [5.41, 5.74) is 1.00. The van der Waals surface area contributed by atoms with E-state index in [4.69, 9.17) is 9.31 Å². The Morgan fingerprint density at radius 1 is 1.18 bits per heavy atom. The largest absolute Gasteiger partial charge is 0.651 e. The first kappa shape index (κ1) is 23.8. The van der Waals surface area contributed by atoms with Gasteiger partial charge in [-0.1, -0.05) is 50.6 Å². The molecule has 1 unspecified atom stereocenters. The van der Waals surface area contributed by atoms with Gasteiger partial charge in [-0.25, -0.2) is 4.98 Å². The Morgan fingerprint density at radius 2 is 1.97 bits per heavy atom. The fourth-order valence-corrected chi connectivity index (χ4v) is 4.62. The van der Waals surface area contributed by atoms with Crippen molar-refractivity contribution in [3.8, 4) is 0 Å². The third kappa shape index (κ3) is 5.26. The Bertz CT molecular complexity index is 1020. The highest BCUT2D eigenvalue weighted by molar-refractivity contribution is 6.70. The van der Waals surface area contributed by atoms with Gasteiger partial charge in [-0.2, -0.15) is 0 Å². The van der Waals surface area contributed by atoms with Crippen LogP contribution in [0.15, 0.2) is 48.9 Å². The maximum atomic E-state index is 13.6. The molecule has 0 saturated carbocycles. The predicted octanol–water partition coefficient (Wildman–Crippen LogP) is 0.716. The standard InChI is InChI=1S/C23H29BN5O5/c1-16(2)12-20(24-29(10-11-33-24)15-21(30)34-24)28-22(31)18(13-17-6-4-3-5-7-17)27-23(32)19-14-25-8-9-26-19/h3-9,14,16,18,20H,10-13,15H2,1-2H3,(H,27,32)(H,28,31)/q-1/t18-,20-,24?/m0/s1. The van der Waals surface area contributed by atoms with Gasteiger partial charge < -0.3 is 24.8 Å². The maximum absolute atomic E-state index is 13.6. The molecule has 2 fully saturated rings. The Hall–Kier alpha value is -3.31. The second-order valence-corrected chi connectivity index (χ2v) is 9.11. The molecule has 2 N–H and O–H groups in total. The Balaban J connectivity index is 1.57. The summed E-state index contributed by atoms with van der Waals surface area (Å²) in [4.78, 5) is 48.3. The van der Waals surface area contributed by atoms with Crippen molar-refractivity contribution >= 4 is 24.5 Å². The lowest BCUT2D eigenvalue weighted by atomic mass is 9.59. The van der Waals surface area contributed by atoms with Crippen LogP contribution in [-0.2, 0) is 25.3 Å². The minimum Gasteiger partial charge on any atom is -0.651 e. The summed E-state index contributed by atoms with van der Waals surface area (Å²) < 4.78 is 11.7. The number of hydrogen-bond acceptors (Lipinski definition) is 8. The molecular weight excluding hydrogens is 437 g/mol. The van der Waals surface area contributed by atoms with Gasteiger partial charge in [-0.05, 0) is 24.0 Å². The highest BCUT2D eigenvalue weighted by Crippen LogP contribution is 2.31. The molecular formula is C23H29BN5O5-. The van der Waals surface area contributed by atoms with Crippen LogP contribution in [0.4, 0.5) is 0 Å². The van der Waals surface area contributed by atoms with Crippen LogP contribution in [0.1, 0.15) is 36.3 Å². The normalized spacial score (nSPS) is 21.6. The number of hydrogen-bond donors (Lipinski definition) is 2. The maximum Gasteiger partial charge on any atom is 0.396 e. The summed E-state index contributed by atoms with van der Waals surface area (Å²) >= 11 is 0. The second kappa shape index (κ2) is 10.3. The van der Waals surface area contributed by atoms with Gasteiger partial charge in [-0.3, -0.25) is 19.4 Å². The molecule has 1 aromatic heterocycles. The van der Waals surface area contributed by atoms with Crippen molar-refractivity contribution in [3.63, 3.8) is 0 Å². The van der Waals surface area contributed by atoms with Gasteiger partial charge >= 0.3 is 6.69 Å². The molecule has 0 aliphatic carbocycles. The van der Waals surface area contributed by atoms with E-state index in [9.17, 15) is 14.4 Å². The molecule has 0 radical (unpaired) electrons. The zero-order valence-corrected chi connectivity index (χ0v) is 19.3. The fraction of sp³-hybridized carbons (Fsp3) is 0.435. The fourth-order valence-electron chi connectivity index (χ4n) is 4.62. The number of nitrogens with zero attached hydrogens (tertiary/aromatic N) is 3. The van der Waals surface area contributed by atoms with Crippen LogP contribution in [-0.4, -0.2) is 70.9 Å². The van der Waals surface area contributed by atoms with E-state index in [-0.39, 0.29) is 36.5 Å². The topological polar surface area (TPSA) is 123 Å². The molecule has 34 heavy (non-hydrogen) atoms. The molecule has 3 atom stereocenters. The van der Waals surface area contributed by atoms with Crippen molar-refractivity contribution in [3.05, 3.63) is 60.2 Å². The number of rotatable bonds is 9. The molecule has 2 aromatic rings. The molecule has 2 aliphatic heterocycles. The van der Waals surface area contributed by atoms with Crippen molar-refractivity contribution < 1.29 is 23.7 Å². The lowest BCUT2D eigenvalue weighted by molar-refractivity contribution is -0.133. The summed E-state index contributed by atoms with van der Waals surface area (Å²) in [6.45, 7) is 3.04. The average molecular weight is 466 g/mol. The van der Waals surface area contributed by atoms with Gasteiger partial charge in [0.05, 0.1) is 12.7 Å². The van der Waals surface area contributed by atoms with Gasteiger partial charge in [0.15, 0.2) is 0 Å². The minimum atomic E-state index is -2.15. The van der Waals surface area contributed by atoms with E-state index >= 15 is 0 Å². The van der Waals surface area contributed by atoms with Gasteiger partial charge in [0.2, 0.25) is 5.91 Å². The van der Waals surface area contributed by atoms with Crippen molar-refractivity contribution in [1.29, 1.82) is 0 Å². The monoisotopic (exact) mass is 466 g/mol. The van der Waals surface area contributed by atoms with Gasteiger partial charge in [0.1, 0.15) is 11.7 Å². The number of aromatic nitrogens is 2. The number of benzene rings is 1. The van der Waals surface area contributed by atoms with E-state index in [0.29, 0.717) is 19.6 Å². The minimum absolute atomic E-state index is 0.116. The SMILES string of the molecule is CC(C)C[C@H](NC(=O)[C@H](Cc1ccccc1)NC(=O)c1cnccn1)[B-]12OCCN1CC(=O)O2. The third-order valence-corrected chi connectivity index (χ3v) is 6.14. The van der Waals surface area contributed by atoms with E-state index in [1.165, 1.54) is 18.6 Å². The molecule has 4 rings (SSSR count). The van der Waals surface area contributed by atoms with Crippen molar-refractivity contribution in [2.75, 3.05) is 19.7 Å². The van der Waals surface area contributed by atoms with Crippen LogP contribution in [0.3, 0.4) is 0 Å². The van der Waals surface area contributed by atoms with Gasteiger partial charge in [0, 0.05) is 25.4 Å². The summed E-state index contributed by atoms with van der Waals surface area (Å²) in [6, 6.07) is 8.54. The van der Waals surface area contributed by atoms with Crippen molar-refractivity contribution in [2.24, 2.45) is 5.92 Å². The van der Waals surface area contributed by atoms with Gasteiger partial charge in [0.25, 0.3) is 11.9 Å². The zero-order valence-electron chi connectivity index (χ0n) is 19.3. The molecule has 11 heteroatoms. The average Bonchev–Trinajstić information content (AvgIpc) is 3.36. The molecule has 2 aliphatic rings. The first-order valence-electron chi connectivity index (χ1n) is 11.5. The Morgan fingerprint density at radius 3 is 2.68 bits per heavy atom. The zero-order chi connectivity index (χ0) is 24.1. The first-order chi connectivity index (χ1) is 16.4. The highest BCUT2D eigenvalue weighted by Gasteiger charge is 2.53. The van der Waals surface area contributed by atoms with Crippen LogP contribution in [0.2, 0.25) is 0 Å². The molecule has 0 bridgehead atoms. The third-order valence-electron chi connectivity index (χ3n) is 6.14. The van der Waals surface area contributed by atoms with Crippen LogP contribution >= 0.6 is 0 Å². The number of fused-ring (bicyclic) bond motifs is 1. The van der Waals surface area contributed by atoms with Crippen molar-refractivity contribution in [2.45, 2.75) is 38.7 Å². The first-order valence-corrected chi connectivity index (χ1v) is 11.5. The van der Waals surface area contributed by atoms with E-state index in [1.54, 1.807) is 0 Å². The molecule has 2 amide bonds. The summed E-state index contributed by atoms with van der Waals surface area (Å²) in [5.74, 6) is -1.60. The Kier molecular flexibility index (Phi) is 7.23. The van der Waals surface area contributed by atoms with Crippen LogP contribution in [0.25, 0.3) is 0 Å². The van der Waals surface area contributed by atoms with E-state index in [2.05, 4.69) is 20.6 Å². The smallest absolute Gasteiger partial charge is 0.396 e. The number of nitrogens with one attached hydrogen (secondary N) is 2. The summed E-state index contributed by atoms with van der Waals surface area (Å²) in [5, 5.41) is 5.83. The second-order valence-electron chi connectivity index (χ2n) is 9.11. The van der Waals surface area contributed by atoms with Gasteiger partial charge in [-0.15, -0.1) is 0 Å². The summed E-state index contributed by atoms with van der Waals surface area (Å²) in [7, 11) is 0. The summed E-state index contributed by atoms with van der Waals surface area (Å²) in [6.07, 6.45) is 5.06. The lowest BCUT2D eigenvalue weighted by Crippen LogP contribution is -2.66.